The lowest BCUT2D eigenvalue weighted by Crippen LogP contribution is -2.10. The summed E-state index contributed by atoms with van der Waals surface area (Å²) in [6.45, 7) is 3.59. The summed E-state index contributed by atoms with van der Waals surface area (Å²) in [6, 6.07) is 1.75. The topological polar surface area (TPSA) is 68.0 Å². The van der Waals surface area contributed by atoms with E-state index in [1.165, 1.54) is 6.33 Å². The number of pyridine rings is 1. The standard InChI is InChI=1S/C11H11N3O2/c1-7-5-8(2)13-10(9(7)11(15)16)14-4-3-12-6-14/h3-6H,1-2H3,(H,15,16). The fourth-order valence-corrected chi connectivity index (χ4v) is 1.65. The summed E-state index contributed by atoms with van der Waals surface area (Å²) in [7, 11) is 0. The number of aryl methyl sites for hydroxylation is 2. The van der Waals surface area contributed by atoms with Crippen molar-refractivity contribution in [1.82, 2.24) is 14.5 Å². The smallest absolute Gasteiger partial charge is 0.339 e. The van der Waals surface area contributed by atoms with Crippen LogP contribution in [0, 0.1) is 13.8 Å². The first-order valence-electron chi connectivity index (χ1n) is 4.79. The minimum atomic E-state index is -0.978. The van der Waals surface area contributed by atoms with Crippen LogP contribution in [0.2, 0.25) is 0 Å². The van der Waals surface area contributed by atoms with Crippen molar-refractivity contribution in [2.45, 2.75) is 13.8 Å². The third-order valence-corrected chi connectivity index (χ3v) is 2.29. The molecule has 0 amide bonds. The van der Waals surface area contributed by atoms with Crippen LogP contribution in [0.15, 0.2) is 24.8 Å². The van der Waals surface area contributed by atoms with E-state index in [-0.39, 0.29) is 5.56 Å². The van der Waals surface area contributed by atoms with Crippen molar-refractivity contribution >= 4 is 5.97 Å². The Bertz CT molecular complexity index is 532. The number of nitrogens with zero attached hydrogens (tertiary/aromatic N) is 3. The van der Waals surface area contributed by atoms with E-state index in [1.54, 1.807) is 30.0 Å². The summed E-state index contributed by atoms with van der Waals surface area (Å²) in [5.74, 6) is -0.573. The first-order valence-corrected chi connectivity index (χ1v) is 4.79. The van der Waals surface area contributed by atoms with Crippen LogP contribution in [0.1, 0.15) is 21.6 Å². The Morgan fingerprint density at radius 1 is 1.44 bits per heavy atom. The normalized spacial score (nSPS) is 10.4. The molecule has 0 radical (unpaired) electrons. The van der Waals surface area contributed by atoms with Crippen LogP contribution in [0.4, 0.5) is 0 Å². The van der Waals surface area contributed by atoms with Gasteiger partial charge in [0.05, 0.1) is 0 Å². The minimum Gasteiger partial charge on any atom is -0.478 e. The summed E-state index contributed by atoms with van der Waals surface area (Å²) in [5, 5.41) is 9.16. The number of aromatic carboxylic acids is 1. The maximum absolute atomic E-state index is 11.2. The van der Waals surface area contributed by atoms with Crippen molar-refractivity contribution in [2.24, 2.45) is 0 Å². The molecule has 0 fully saturated rings. The number of carbonyl (C=O) groups is 1. The summed E-state index contributed by atoms with van der Waals surface area (Å²) < 4.78 is 1.60. The zero-order valence-corrected chi connectivity index (χ0v) is 9.01. The lowest BCUT2D eigenvalue weighted by Gasteiger charge is -2.09. The molecule has 0 unspecified atom stereocenters. The predicted octanol–water partition coefficient (Wildman–Crippen LogP) is 1.58. The zero-order chi connectivity index (χ0) is 11.7. The van der Waals surface area contributed by atoms with E-state index < -0.39 is 5.97 Å². The summed E-state index contributed by atoms with van der Waals surface area (Å²) in [5.41, 5.74) is 1.69. The molecule has 0 aromatic carbocycles. The van der Waals surface area contributed by atoms with Crippen molar-refractivity contribution < 1.29 is 9.90 Å². The molecule has 0 saturated heterocycles. The van der Waals surface area contributed by atoms with Gasteiger partial charge in [0.2, 0.25) is 0 Å². The molecule has 16 heavy (non-hydrogen) atoms. The van der Waals surface area contributed by atoms with Gasteiger partial charge in [-0.1, -0.05) is 0 Å². The molecule has 2 aromatic rings. The second-order valence-electron chi connectivity index (χ2n) is 3.55. The molecule has 2 heterocycles. The maximum Gasteiger partial charge on any atom is 0.339 e. The van der Waals surface area contributed by atoms with Crippen molar-refractivity contribution in [3.8, 4) is 5.82 Å². The van der Waals surface area contributed by atoms with Crippen LogP contribution < -0.4 is 0 Å². The monoisotopic (exact) mass is 217 g/mol. The fourth-order valence-electron chi connectivity index (χ4n) is 1.65. The molecule has 0 saturated carbocycles. The van der Waals surface area contributed by atoms with Gasteiger partial charge >= 0.3 is 5.97 Å². The van der Waals surface area contributed by atoms with E-state index >= 15 is 0 Å². The highest BCUT2D eigenvalue weighted by atomic mass is 16.4. The number of carboxylic acids is 1. The number of imidazole rings is 1. The lowest BCUT2D eigenvalue weighted by molar-refractivity contribution is 0.0695. The Morgan fingerprint density at radius 2 is 2.19 bits per heavy atom. The number of carboxylic acid groups (broad SMARTS) is 1. The lowest BCUT2D eigenvalue weighted by atomic mass is 10.1. The van der Waals surface area contributed by atoms with Gasteiger partial charge < -0.3 is 5.11 Å². The average molecular weight is 217 g/mol. The van der Waals surface area contributed by atoms with Gasteiger partial charge in [-0.05, 0) is 25.5 Å². The second-order valence-corrected chi connectivity index (χ2v) is 3.55. The van der Waals surface area contributed by atoms with E-state index in [0.29, 0.717) is 11.4 Å². The quantitative estimate of drug-likeness (QED) is 0.829. The SMILES string of the molecule is Cc1cc(C)c(C(=O)O)c(-n2ccnc2)n1. The predicted molar refractivity (Wildman–Crippen MR) is 57.8 cm³/mol. The molecule has 5 nitrogen and oxygen atoms in total. The van der Waals surface area contributed by atoms with Crippen LogP contribution in [-0.4, -0.2) is 25.6 Å². The molecule has 0 atom stereocenters. The van der Waals surface area contributed by atoms with Gasteiger partial charge in [0.15, 0.2) is 5.82 Å². The zero-order valence-electron chi connectivity index (χ0n) is 9.01. The van der Waals surface area contributed by atoms with Gasteiger partial charge in [0.25, 0.3) is 0 Å². The fraction of sp³-hybridized carbons (Fsp3) is 0.182. The van der Waals surface area contributed by atoms with E-state index in [0.717, 1.165) is 5.69 Å². The molecular formula is C11H11N3O2. The van der Waals surface area contributed by atoms with E-state index in [4.69, 9.17) is 5.11 Å². The molecule has 0 aliphatic rings. The van der Waals surface area contributed by atoms with Crippen LogP contribution in [0.3, 0.4) is 0 Å². The molecule has 82 valence electrons. The molecule has 0 aliphatic heterocycles. The van der Waals surface area contributed by atoms with Gasteiger partial charge in [-0.2, -0.15) is 0 Å². The summed E-state index contributed by atoms with van der Waals surface area (Å²) in [4.78, 5) is 19.3. The average Bonchev–Trinajstić information content (AvgIpc) is 2.67. The van der Waals surface area contributed by atoms with Crippen molar-refractivity contribution in [1.29, 1.82) is 0 Å². The highest BCUT2D eigenvalue weighted by Gasteiger charge is 2.16. The van der Waals surface area contributed by atoms with Crippen LogP contribution in [0.25, 0.3) is 5.82 Å². The van der Waals surface area contributed by atoms with Crippen molar-refractivity contribution in [3.63, 3.8) is 0 Å². The highest BCUT2D eigenvalue weighted by molar-refractivity contribution is 5.92. The first kappa shape index (κ1) is 10.4. The van der Waals surface area contributed by atoms with E-state index in [1.807, 2.05) is 6.92 Å². The van der Waals surface area contributed by atoms with E-state index in [2.05, 4.69) is 9.97 Å². The Labute approximate surface area is 92.4 Å². The Balaban J connectivity index is 2.72. The van der Waals surface area contributed by atoms with Gasteiger partial charge in [-0.3, -0.25) is 4.57 Å². The van der Waals surface area contributed by atoms with Gasteiger partial charge in [0, 0.05) is 18.1 Å². The van der Waals surface area contributed by atoms with Crippen molar-refractivity contribution in [3.05, 3.63) is 41.6 Å². The largest absolute Gasteiger partial charge is 0.478 e. The molecule has 5 heteroatoms. The molecule has 0 spiro atoms. The van der Waals surface area contributed by atoms with E-state index in [9.17, 15) is 4.79 Å². The van der Waals surface area contributed by atoms with Crippen LogP contribution in [-0.2, 0) is 0 Å². The molecular weight excluding hydrogens is 206 g/mol. The van der Waals surface area contributed by atoms with Gasteiger partial charge in [0.1, 0.15) is 11.9 Å². The van der Waals surface area contributed by atoms with Gasteiger partial charge in [-0.25, -0.2) is 14.8 Å². The van der Waals surface area contributed by atoms with Crippen LogP contribution >= 0.6 is 0 Å². The Morgan fingerprint density at radius 3 is 2.75 bits per heavy atom. The summed E-state index contributed by atoms with van der Waals surface area (Å²) in [6.07, 6.45) is 4.80. The Hall–Kier alpha value is -2.17. The van der Waals surface area contributed by atoms with Gasteiger partial charge in [-0.15, -0.1) is 0 Å². The molecule has 1 N–H and O–H groups in total. The molecule has 2 aromatic heterocycles. The first-order chi connectivity index (χ1) is 7.59. The number of hydrogen-bond acceptors (Lipinski definition) is 3. The Kier molecular flexibility index (Phi) is 2.44. The van der Waals surface area contributed by atoms with Crippen LogP contribution in [0.5, 0.6) is 0 Å². The molecule has 0 aliphatic carbocycles. The molecule has 2 rings (SSSR count). The number of aromatic nitrogens is 3. The third-order valence-electron chi connectivity index (χ3n) is 2.29. The number of hydrogen-bond donors (Lipinski definition) is 1. The van der Waals surface area contributed by atoms with Crippen molar-refractivity contribution in [2.75, 3.05) is 0 Å². The second kappa shape index (κ2) is 3.77. The third kappa shape index (κ3) is 1.67. The summed E-state index contributed by atoms with van der Waals surface area (Å²) >= 11 is 0. The number of rotatable bonds is 2. The minimum absolute atomic E-state index is 0.212. The highest BCUT2D eigenvalue weighted by Crippen LogP contribution is 2.17. The maximum atomic E-state index is 11.2. The molecule has 0 bridgehead atoms.